The summed E-state index contributed by atoms with van der Waals surface area (Å²) in [5.74, 6) is -1.70. The van der Waals surface area contributed by atoms with E-state index in [2.05, 4.69) is 5.32 Å². The third-order valence-electron chi connectivity index (χ3n) is 5.49. The number of amides is 2. The van der Waals surface area contributed by atoms with Gasteiger partial charge in [-0.3, -0.25) is 9.59 Å². The molecule has 0 heterocycles. The van der Waals surface area contributed by atoms with Crippen molar-refractivity contribution in [1.29, 1.82) is 0 Å². The Morgan fingerprint density at radius 3 is 2.12 bits per heavy atom. The zero-order valence-electron chi connectivity index (χ0n) is 19.1. The molecule has 2 amide bonds. The summed E-state index contributed by atoms with van der Waals surface area (Å²) in [5, 5.41) is 11.7. The number of nitrogens with one attached hydrogen (secondary N) is 1. The van der Waals surface area contributed by atoms with Crippen LogP contribution in [-0.2, 0) is 19.1 Å². The van der Waals surface area contributed by atoms with Crippen LogP contribution in [0.15, 0.2) is 48.5 Å². The fourth-order valence-electron chi connectivity index (χ4n) is 4.18. The second kappa shape index (κ2) is 11.0. The van der Waals surface area contributed by atoms with Gasteiger partial charge < -0.3 is 24.8 Å². The summed E-state index contributed by atoms with van der Waals surface area (Å²) in [5.41, 5.74) is 4.40. The average Bonchev–Trinajstić information content (AvgIpc) is 3.09. The fraction of sp³-hybridized carbons (Fsp3) is 0.400. The van der Waals surface area contributed by atoms with Crippen molar-refractivity contribution in [3.63, 3.8) is 0 Å². The van der Waals surface area contributed by atoms with E-state index in [0.29, 0.717) is 0 Å². The van der Waals surface area contributed by atoms with E-state index >= 15 is 0 Å². The lowest BCUT2D eigenvalue weighted by atomic mass is 9.98. The van der Waals surface area contributed by atoms with E-state index in [9.17, 15) is 14.4 Å². The van der Waals surface area contributed by atoms with Crippen molar-refractivity contribution in [2.45, 2.75) is 25.8 Å². The number of carbonyl (C=O) groups excluding carboxylic acids is 2. The van der Waals surface area contributed by atoms with E-state index in [0.717, 1.165) is 22.3 Å². The minimum absolute atomic E-state index is 0.0611. The van der Waals surface area contributed by atoms with Gasteiger partial charge in [0.05, 0.1) is 6.61 Å². The quantitative estimate of drug-likeness (QED) is 0.572. The Hall–Kier alpha value is -3.39. The normalized spacial score (nSPS) is 13.2. The zero-order valence-corrected chi connectivity index (χ0v) is 19.1. The Morgan fingerprint density at radius 1 is 1.03 bits per heavy atom. The summed E-state index contributed by atoms with van der Waals surface area (Å²) in [4.78, 5) is 38.0. The molecule has 1 atom stereocenters. The molecule has 3 rings (SSSR count). The first-order valence-electron chi connectivity index (χ1n) is 10.9. The van der Waals surface area contributed by atoms with Crippen LogP contribution >= 0.6 is 0 Å². The van der Waals surface area contributed by atoms with Crippen molar-refractivity contribution in [3.05, 3.63) is 59.7 Å². The summed E-state index contributed by atoms with van der Waals surface area (Å²) in [6, 6.07) is 15.0. The fourth-order valence-corrected chi connectivity index (χ4v) is 4.18. The first kappa shape index (κ1) is 24.3. The number of hydrogen-bond donors (Lipinski definition) is 2. The SMILES string of the molecule is COCC(NC(=O)OCC1c2ccccc2-c2ccccc21)C(=O)N(CC(=O)O)CC(C)C. The van der Waals surface area contributed by atoms with Crippen LogP contribution in [0.2, 0.25) is 0 Å². The molecule has 0 fully saturated rings. The number of benzene rings is 2. The van der Waals surface area contributed by atoms with Crippen molar-refractivity contribution in [2.75, 3.05) is 33.4 Å². The van der Waals surface area contributed by atoms with Gasteiger partial charge in [-0.25, -0.2) is 4.79 Å². The van der Waals surface area contributed by atoms with Crippen LogP contribution in [0.1, 0.15) is 30.9 Å². The molecule has 2 N–H and O–H groups in total. The lowest BCUT2D eigenvalue weighted by molar-refractivity contribution is -0.146. The highest BCUT2D eigenvalue weighted by Crippen LogP contribution is 2.44. The number of fused-ring (bicyclic) bond motifs is 3. The van der Waals surface area contributed by atoms with E-state index in [4.69, 9.17) is 14.6 Å². The van der Waals surface area contributed by atoms with E-state index in [1.807, 2.05) is 62.4 Å². The van der Waals surface area contributed by atoms with Crippen LogP contribution in [0, 0.1) is 5.92 Å². The van der Waals surface area contributed by atoms with E-state index in [-0.39, 0.29) is 31.6 Å². The lowest BCUT2D eigenvalue weighted by Crippen LogP contribution is -2.53. The maximum Gasteiger partial charge on any atom is 0.407 e. The van der Waals surface area contributed by atoms with Crippen molar-refractivity contribution in [3.8, 4) is 11.1 Å². The number of nitrogens with zero attached hydrogens (tertiary/aromatic N) is 1. The molecular formula is C25H30N2O6. The van der Waals surface area contributed by atoms with Crippen molar-refractivity contribution < 1.29 is 29.0 Å². The maximum atomic E-state index is 12.9. The Labute approximate surface area is 193 Å². The van der Waals surface area contributed by atoms with Crippen molar-refractivity contribution in [2.24, 2.45) is 5.92 Å². The molecule has 0 radical (unpaired) electrons. The number of carboxylic acid groups (broad SMARTS) is 1. The minimum atomic E-state index is -1.12. The van der Waals surface area contributed by atoms with Crippen LogP contribution in [-0.4, -0.2) is 67.4 Å². The molecule has 1 aliphatic rings. The average molecular weight is 455 g/mol. The Kier molecular flexibility index (Phi) is 8.06. The zero-order chi connectivity index (χ0) is 24.0. The van der Waals surface area contributed by atoms with Gasteiger partial charge in [0, 0.05) is 19.6 Å². The molecule has 0 bridgehead atoms. The maximum absolute atomic E-state index is 12.9. The molecule has 0 spiro atoms. The van der Waals surface area contributed by atoms with Gasteiger partial charge in [-0.15, -0.1) is 0 Å². The molecule has 2 aromatic rings. The highest BCUT2D eigenvalue weighted by Gasteiger charge is 2.31. The molecular weight excluding hydrogens is 424 g/mol. The van der Waals surface area contributed by atoms with E-state index in [1.165, 1.54) is 12.0 Å². The first-order valence-corrected chi connectivity index (χ1v) is 10.9. The third kappa shape index (κ3) is 5.90. The number of ether oxygens (including phenoxy) is 2. The lowest BCUT2D eigenvalue weighted by Gasteiger charge is -2.27. The summed E-state index contributed by atoms with van der Waals surface area (Å²) in [6.45, 7) is 3.57. The number of carboxylic acids is 1. The summed E-state index contributed by atoms with van der Waals surface area (Å²) in [7, 11) is 1.41. The van der Waals surface area contributed by atoms with Gasteiger partial charge in [0.2, 0.25) is 5.91 Å². The number of alkyl carbamates (subject to hydrolysis) is 1. The molecule has 2 aromatic carbocycles. The molecule has 33 heavy (non-hydrogen) atoms. The van der Waals surface area contributed by atoms with Crippen molar-refractivity contribution >= 4 is 18.0 Å². The number of rotatable bonds is 10. The molecule has 176 valence electrons. The second-order valence-corrected chi connectivity index (χ2v) is 8.48. The molecule has 8 nitrogen and oxygen atoms in total. The van der Waals surface area contributed by atoms with Crippen LogP contribution in [0.5, 0.6) is 0 Å². The van der Waals surface area contributed by atoms with Crippen LogP contribution in [0.25, 0.3) is 11.1 Å². The van der Waals surface area contributed by atoms with Gasteiger partial charge >= 0.3 is 12.1 Å². The largest absolute Gasteiger partial charge is 0.480 e. The molecule has 8 heteroatoms. The van der Waals surface area contributed by atoms with Gasteiger partial charge in [0.1, 0.15) is 19.2 Å². The summed E-state index contributed by atoms with van der Waals surface area (Å²) >= 11 is 0. The van der Waals surface area contributed by atoms with E-state index < -0.39 is 30.6 Å². The predicted molar refractivity (Wildman–Crippen MR) is 123 cm³/mol. The first-order chi connectivity index (χ1) is 15.8. The van der Waals surface area contributed by atoms with Gasteiger partial charge in [-0.05, 0) is 28.2 Å². The summed E-state index contributed by atoms with van der Waals surface area (Å²) < 4.78 is 10.6. The molecule has 0 saturated heterocycles. The predicted octanol–water partition coefficient (Wildman–Crippen LogP) is 3.11. The Balaban J connectivity index is 1.68. The number of methoxy groups -OCH3 is 1. The van der Waals surface area contributed by atoms with E-state index in [1.54, 1.807) is 0 Å². The van der Waals surface area contributed by atoms with Gasteiger partial charge in [-0.1, -0.05) is 62.4 Å². The van der Waals surface area contributed by atoms with Crippen molar-refractivity contribution in [1.82, 2.24) is 10.2 Å². The number of carbonyl (C=O) groups is 3. The topological polar surface area (TPSA) is 105 Å². The second-order valence-electron chi connectivity index (χ2n) is 8.48. The third-order valence-corrected chi connectivity index (χ3v) is 5.49. The number of hydrogen-bond acceptors (Lipinski definition) is 5. The standard InChI is InChI=1S/C25H30N2O6/c1-16(2)12-27(13-23(28)29)24(30)22(15-32-3)26-25(31)33-14-21-19-10-6-4-8-17(19)18-9-5-7-11-20(18)21/h4-11,16,21-22H,12-15H2,1-3H3,(H,26,31)(H,28,29). The molecule has 0 aliphatic heterocycles. The smallest absolute Gasteiger partial charge is 0.407 e. The van der Waals surface area contributed by atoms with Crippen LogP contribution in [0.3, 0.4) is 0 Å². The molecule has 0 aromatic heterocycles. The Bertz CT molecular complexity index is 960. The van der Waals surface area contributed by atoms with Crippen LogP contribution < -0.4 is 5.32 Å². The van der Waals surface area contributed by atoms with Gasteiger partial charge in [0.15, 0.2) is 0 Å². The molecule has 1 unspecified atom stereocenters. The van der Waals surface area contributed by atoms with Gasteiger partial charge in [0.25, 0.3) is 0 Å². The van der Waals surface area contributed by atoms with Crippen LogP contribution in [0.4, 0.5) is 4.79 Å². The monoisotopic (exact) mass is 454 g/mol. The summed E-state index contributed by atoms with van der Waals surface area (Å²) in [6.07, 6.45) is -0.757. The molecule has 1 aliphatic carbocycles. The Morgan fingerprint density at radius 2 is 1.61 bits per heavy atom. The molecule has 0 saturated carbocycles. The van der Waals surface area contributed by atoms with Gasteiger partial charge in [-0.2, -0.15) is 0 Å². The highest BCUT2D eigenvalue weighted by molar-refractivity contribution is 5.88. The minimum Gasteiger partial charge on any atom is -0.480 e. The highest BCUT2D eigenvalue weighted by atomic mass is 16.5. The number of aliphatic carboxylic acids is 1.